The third-order valence-corrected chi connectivity index (χ3v) is 6.86. The standard InChI is InChI=1S/C32H39NO7/c1-6-8-12-19-32(7-2,31(35)38-5)30(34)33-26-17-15-24(36-3)20-28(26)40-27-18-16-25(21-29(27)37-4)39-22-23-13-10-9-11-14-23/h9-11,13-18,20-21H,6-8,12,19,22H2,1-5H3,(H,33,34). The van der Waals surface area contributed by atoms with Crippen molar-refractivity contribution in [2.45, 2.75) is 52.6 Å². The average Bonchev–Trinajstić information content (AvgIpc) is 2.99. The van der Waals surface area contributed by atoms with Gasteiger partial charge in [0.25, 0.3) is 0 Å². The highest BCUT2D eigenvalue weighted by Gasteiger charge is 2.45. The van der Waals surface area contributed by atoms with Gasteiger partial charge in [0.15, 0.2) is 17.2 Å². The van der Waals surface area contributed by atoms with Crippen molar-refractivity contribution in [2.24, 2.45) is 5.41 Å². The van der Waals surface area contributed by atoms with Crippen molar-refractivity contribution in [3.63, 3.8) is 0 Å². The highest BCUT2D eigenvalue weighted by molar-refractivity contribution is 6.09. The first-order chi connectivity index (χ1) is 19.4. The molecule has 0 spiro atoms. The molecule has 214 valence electrons. The van der Waals surface area contributed by atoms with Crippen LogP contribution in [-0.2, 0) is 20.9 Å². The zero-order valence-electron chi connectivity index (χ0n) is 24.0. The molecule has 8 nitrogen and oxygen atoms in total. The SMILES string of the molecule is CCCCCC(CC)(C(=O)Nc1ccc(OC)cc1Oc1ccc(OCc2ccccc2)cc1OC)C(=O)OC. The Morgan fingerprint density at radius 3 is 2.17 bits per heavy atom. The van der Waals surface area contributed by atoms with Gasteiger partial charge in [-0.1, -0.05) is 63.4 Å². The number of hydrogen-bond acceptors (Lipinski definition) is 7. The zero-order valence-corrected chi connectivity index (χ0v) is 24.0. The molecule has 3 aromatic carbocycles. The van der Waals surface area contributed by atoms with E-state index in [0.717, 1.165) is 24.8 Å². The van der Waals surface area contributed by atoms with Crippen LogP contribution in [0.25, 0.3) is 0 Å². The monoisotopic (exact) mass is 549 g/mol. The molecule has 0 aliphatic heterocycles. The molecule has 0 saturated heterocycles. The predicted molar refractivity (Wildman–Crippen MR) is 154 cm³/mol. The number of methoxy groups -OCH3 is 3. The highest BCUT2D eigenvalue weighted by Crippen LogP contribution is 2.40. The van der Waals surface area contributed by atoms with Gasteiger partial charge in [0.05, 0.1) is 27.0 Å². The maximum Gasteiger partial charge on any atom is 0.321 e. The molecule has 0 aromatic heterocycles. The summed E-state index contributed by atoms with van der Waals surface area (Å²) in [6, 6.07) is 20.2. The summed E-state index contributed by atoms with van der Waals surface area (Å²) in [7, 11) is 4.39. The van der Waals surface area contributed by atoms with Gasteiger partial charge in [0.1, 0.15) is 23.5 Å². The number of nitrogens with one attached hydrogen (secondary N) is 1. The summed E-state index contributed by atoms with van der Waals surface area (Å²) >= 11 is 0. The van der Waals surface area contributed by atoms with Crippen LogP contribution in [0.5, 0.6) is 28.7 Å². The fourth-order valence-corrected chi connectivity index (χ4v) is 4.40. The van der Waals surface area contributed by atoms with Crippen LogP contribution in [0.15, 0.2) is 66.7 Å². The predicted octanol–water partition coefficient (Wildman–Crippen LogP) is 7.16. The van der Waals surface area contributed by atoms with E-state index in [-0.39, 0.29) is 0 Å². The molecule has 8 heteroatoms. The van der Waals surface area contributed by atoms with E-state index in [1.54, 1.807) is 50.6 Å². The lowest BCUT2D eigenvalue weighted by molar-refractivity contribution is -0.158. The van der Waals surface area contributed by atoms with Crippen molar-refractivity contribution in [1.82, 2.24) is 0 Å². The minimum Gasteiger partial charge on any atom is -0.497 e. The van der Waals surface area contributed by atoms with Gasteiger partial charge in [-0.05, 0) is 42.7 Å². The van der Waals surface area contributed by atoms with Crippen LogP contribution < -0.4 is 24.3 Å². The minimum atomic E-state index is -1.31. The number of esters is 1. The fraction of sp³-hybridized carbons (Fsp3) is 0.375. The summed E-state index contributed by atoms with van der Waals surface area (Å²) in [6.45, 7) is 4.30. The number of carbonyl (C=O) groups excluding carboxylic acids is 2. The minimum absolute atomic E-state index is 0.305. The number of amides is 1. The molecule has 1 unspecified atom stereocenters. The third-order valence-electron chi connectivity index (χ3n) is 6.86. The molecule has 3 rings (SSSR count). The van der Waals surface area contributed by atoms with Gasteiger partial charge in [-0.25, -0.2) is 0 Å². The lowest BCUT2D eigenvalue weighted by Crippen LogP contribution is -2.43. The molecule has 1 atom stereocenters. The van der Waals surface area contributed by atoms with E-state index >= 15 is 0 Å². The van der Waals surface area contributed by atoms with Crippen molar-refractivity contribution >= 4 is 17.6 Å². The van der Waals surface area contributed by atoms with Crippen LogP contribution in [-0.4, -0.2) is 33.2 Å². The lowest BCUT2D eigenvalue weighted by atomic mass is 9.79. The van der Waals surface area contributed by atoms with E-state index < -0.39 is 17.3 Å². The first-order valence-corrected chi connectivity index (χ1v) is 13.5. The Hall–Kier alpha value is -4.20. The number of carbonyl (C=O) groups is 2. The molecule has 0 aliphatic rings. The van der Waals surface area contributed by atoms with E-state index in [1.807, 2.05) is 37.3 Å². The Labute approximate surface area is 236 Å². The fourth-order valence-electron chi connectivity index (χ4n) is 4.40. The van der Waals surface area contributed by atoms with Crippen molar-refractivity contribution in [2.75, 3.05) is 26.6 Å². The normalized spacial score (nSPS) is 12.1. The Morgan fingerprint density at radius 2 is 1.52 bits per heavy atom. The molecular formula is C32H39NO7. The van der Waals surface area contributed by atoms with Crippen molar-refractivity contribution in [3.8, 4) is 28.7 Å². The number of unbranched alkanes of at least 4 members (excludes halogenated alkanes) is 2. The first-order valence-electron chi connectivity index (χ1n) is 13.5. The molecule has 40 heavy (non-hydrogen) atoms. The molecule has 0 saturated carbocycles. The van der Waals surface area contributed by atoms with Gasteiger partial charge in [-0.3, -0.25) is 9.59 Å². The van der Waals surface area contributed by atoms with Crippen molar-refractivity contribution in [1.29, 1.82) is 0 Å². The quantitative estimate of drug-likeness (QED) is 0.122. The summed E-state index contributed by atoms with van der Waals surface area (Å²) < 4.78 is 28.2. The number of benzene rings is 3. The maximum atomic E-state index is 13.6. The molecule has 0 heterocycles. The van der Waals surface area contributed by atoms with Gasteiger partial charge in [0.2, 0.25) is 5.91 Å². The molecular weight excluding hydrogens is 510 g/mol. The first kappa shape index (κ1) is 30.3. The van der Waals surface area contributed by atoms with Gasteiger partial charge in [0, 0.05) is 12.1 Å². The van der Waals surface area contributed by atoms with Crippen LogP contribution in [0.2, 0.25) is 0 Å². The molecule has 1 N–H and O–H groups in total. The second-order valence-corrected chi connectivity index (χ2v) is 9.39. The van der Waals surface area contributed by atoms with E-state index in [2.05, 4.69) is 12.2 Å². The van der Waals surface area contributed by atoms with Crippen LogP contribution in [0.4, 0.5) is 5.69 Å². The molecule has 3 aromatic rings. The number of rotatable bonds is 15. The maximum absolute atomic E-state index is 13.6. The van der Waals surface area contributed by atoms with Gasteiger partial charge in [-0.2, -0.15) is 0 Å². The summed E-state index contributed by atoms with van der Waals surface area (Å²) in [5.41, 5.74) is 0.120. The Kier molecular flexibility index (Phi) is 11.2. The third kappa shape index (κ3) is 7.46. The molecule has 0 aliphatic carbocycles. The second kappa shape index (κ2) is 14.8. The van der Waals surface area contributed by atoms with Crippen LogP contribution in [0.3, 0.4) is 0 Å². The molecule has 0 fully saturated rings. The highest BCUT2D eigenvalue weighted by atomic mass is 16.5. The Balaban J connectivity index is 1.87. The van der Waals surface area contributed by atoms with E-state index in [0.29, 0.717) is 53.9 Å². The van der Waals surface area contributed by atoms with E-state index in [4.69, 9.17) is 23.7 Å². The van der Waals surface area contributed by atoms with Gasteiger partial charge >= 0.3 is 5.97 Å². The zero-order chi connectivity index (χ0) is 29.0. The van der Waals surface area contributed by atoms with Crippen molar-refractivity contribution < 1.29 is 33.3 Å². The van der Waals surface area contributed by atoms with E-state index in [1.165, 1.54) is 7.11 Å². The van der Waals surface area contributed by atoms with E-state index in [9.17, 15) is 9.59 Å². The lowest BCUT2D eigenvalue weighted by Gasteiger charge is -2.29. The molecule has 1 amide bonds. The van der Waals surface area contributed by atoms with Crippen LogP contribution in [0, 0.1) is 5.41 Å². The average molecular weight is 550 g/mol. The number of hydrogen-bond donors (Lipinski definition) is 1. The van der Waals surface area contributed by atoms with Gasteiger partial charge in [-0.15, -0.1) is 0 Å². The summed E-state index contributed by atoms with van der Waals surface area (Å²) in [5, 5.41) is 2.92. The molecule has 0 radical (unpaired) electrons. The Bertz CT molecular complexity index is 1260. The second-order valence-electron chi connectivity index (χ2n) is 9.39. The number of anilines is 1. The van der Waals surface area contributed by atoms with Crippen molar-refractivity contribution in [3.05, 3.63) is 72.3 Å². The topological polar surface area (TPSA) is 92.3 Å². The molecule has 0 bridgehead atoms. The van der Waals surface area contributed by atoms with Crippen LogP contribution in [0.1, 0.15) is 51.5 Å². The summed E-state index contributed by atoms with van der Waals surface area (Å²) in [5.74, 6) is 1.35. The largest absolute Gasteiger partial charge is 0.497 e. The smallest absolute Gasteiger partial charge is 0.321 e. The number of ether oxygens (including phenoxy) is 5. The summed E-state index contributed by atoms with van der Waals surface area (Å²) in [6.07, 6.45) is 3.31. The van der Waals surface area contributed by atoms with Gasteiger partial charge < -0.3 is 29.0 Å². The summed E-state index contributed by atoms with van der Waals surface area (Å²) in [4.78, 5) is 26.5. The van der Waals surface area contributed by atoms with Crippen LogP contribution >= 0.6 is 0 Å². The Morgan fingerprint density at radius 1 is 0.800 bits per heavy atom.